The second-order valence-corrected chi connectivity index (χ2v) is 8.45. The van der Waals surface area contributed by atoms with Crippen LogP contribution in [0.25, 0.3) is 10.9 Å². The van der Waals surface area contributed by atoms with Crippen LogP contribution in [-0.4, -0.2) is 38.5 Å². The normalized spacial score (nSPS) is 14.9. The van der Waals surface area contributed by atoms with Gasteiger partial charge < -0.3 is 15.5 Å². The van der Waals surface area contributed by atoms with Gasteiger partial charge >= 0.3 is 6.18 Å². The van der Waals surface area contributed by atoms with E-state index in [0.717, 1.165) is 35.7 Å². The summed E-state index contributed by atoms with van der Waals surface area (Å²) >= 11 is 0.929. The van der Waals surface area contributed by atoms with Gasteiger partial charge in [0.2, 0.25) is 0 Å². The van der Waals surface area contributed by atoms with Crippen molar-refractivity contribution >= 4 is 28.4 Å². The number of nitrogens with zero attached hydrogens (tertiary/aromatic N) is 1. The van der Waals surface area contributed by atoms with E-state index in [9.17, 15) is 27.8 Å². The summed E-state index contributed by atoms with van der Waals surface area (Å²) in [6, 6.07) is 9.59. The molecule has 0 fully saturated rings. The van der Waals surface area contributed by atoms with Crippen molar-refractivity contribution in [1.82, 2.24) is 4.98 Å². The van der Waals surface area contributed by atoms with Crippen molar-refractivity contribution in [3.63, 3.8) is 0 Å². The molecule has 9 heteroatoms. The fourth-order valence-corrected chi connectivity index (χ4v) is 4.16. The predicted molar refractivity (Wildman–Crippen MR) is 115 cm³/mol. The monoisotopic (exact) mass is 454 g/mol. The molecule has 3 aromatic rings. The molecule has 2 aromatic carbocycles. The number of aromatic hydroxyl groups is 1. The minimum atomic E-state index is -5.00. The van der Waals surface area contributed by atoms with Crippen molar-refractivity contribution in [3.8, 4) is 5.75 Å². The summed E-state index contributed by atoms with van der Waals surface area (Å²) in [6.45, 7) is 3.49. The Bertz CT molecular complexity index is 1080. The molecule has 0 amide bonds. The molecule has 0 spiro atoms. The number of phenols is 1. The van der Waals surface area contributed by atoms with E-state index in [1.54, 1.807) is 44.2 Å². The lowest BCUT2D eigenvalue weighted by atomic mass is 9.88. The molecule has 1 aromatic heterocycles. The Morgan fingerprint density at radius 3 is 2.52 bits per heavy atom. The van der Waals surface area contributed by atoms with E-state index >= 15 is 0 Å². The van der Waals surface area contributed by atoms with Crippen molar-refractivity contribution in [2.75, 3.05) is 16.8 Å². The molecule has 4 nitrogen and oxygen atoms in total. The number of aromatic nitrogens is 1. The molecule has 0 saturated heterocycles. The van der Waals surface area contributed by atoms with Gasteiger partial charge in [-0.05, 0) is 54.6 Å². The third-order valence-electron chi connectivity index (χ3n) is 4.97. The second kappa shape index (κ2) is 8.92. The summed E-state index contributed by atoms with van der Waals surface area (Å²) in [5, 5.41) is 24.1. The van der Waals surface area contributed by atoms with Gasteiger partial charge in [-0.15, -0.1) is 0 Å². The van der Waals surface area contributed by atoms with Gasteiger partial charge in [0.15, 0.2) is 17.2 Å². The lowest BCUT2D eigenvalue weighted by Crippen LogP contribution is -2.54. The van der Waals surface area contributed by atoms with E-state index in [1.165, 1.54) is 0 Å². The first-order chi connectivity index (χ1) is 14.6. The number of anilines is 1. The number of hydrogen-bond donors (Lipinski definition) is 3. The van der Waals surface area contributed by atoms with Crippen molar-refractivity contribution in [2.45, 2.75) is 31.7 Å². The van der Waals surface area contributed by atoms with Gasteiger partial charge in [0.25, 0.3) is 0 Å². The molecule has 0 radical (unpaired) electrons. The molecule has 0 aliphatic carbocycles. The third-order valence-corrected chi connectivity index (χ3v) is 6.02. The summed E-state index contributed by atoms with van der Waals surface area (Å²) in [5.74, 6) is -2.06. The summed E-state index contributed by atoms with van der Waals surface area (Å²) in [7, 11) is 0. The smallest absolute Gasteiger partial charge is 0.420 e. The van der Waals surface area contributed by atoms with E-state index < -0.39 is 35.1 Å². The van der Waals surface area contributed by atoms with Gasteiger partial charge in [-0.25, -0.2) is 4.39 Å². The Balaban J connectivity index is 2.17. The molecule has 3 N–H and O–H groups in total. The molecular weight excluding hydrogens is 432 g/mol. The molecular formula is C22H22F4N2O2S. The number of hydrogen-bond acceptors (Lipinski definition) is 5. The highest BCUT2D eigenvalue weighted by Gasteiger charge is 2.59. The lowest BCUT2D eigenvalue weighted by molar-refractivity contribution is -0.256. The van der Waals surface area contributed by atoms with Gasteiger partial charge in [-0.3, -0.25) is 4.98 Å². The van der Waals surface area contributed by atoms with E-state index in [4.69, 9.17) is 0 Å². The Kier molecular flexibility index (Phi) is 6.66. The van der Waals surface area contributed by atoms with Gasteiger partial charge in [0, 0.05) is 22.5 Å². The molecule has 166 valence electrons. The van der Waals surface area contributed by atoms with Crippen LogP contribution in [0.3, 0.4) is 0 Å². The van der Waals surface area contributed by atoms with Crippen molar-refractivity contribution in [1.29, 1.82) is 0 Å². The van der Waals surface area contributed by atoms with E-state index in [-0.39, 0.29) is 5.56 Å². The van der Waals surface area contributed by atoms with Crippen molar-refractivity contribution in [2.24, 2.45) is 0 Å². The first kappa shape index (κ1) is 23.1. The molecule has 3 rings (SSSR count). The first-order valence-electron chi connectivity index (χ1n) is 9.55. The average Bonchev–Trinajstić information content (AvgIpc) is 2.71. The number of halogens is 4. The molecule has 1 heterocycles. The number of alkyl halides is 3. The van der Waals surface area contributed by atoms with Crippen LogP contribution < -0.4 is 5.32 Å². The Hall–Kier alpha value is -2.52. The van der Waals surface area contributed by atoms with Crippen LogP contribution in [0.5, 0.6) is 5.75 Å². The minimum Gasteiger partial charge on any atom is -0.505 e. The zero-order chi connectivity index (χ0) is 22.8. The van der Waals surface area contributed by atoms with E-state index in [0.29, 0.717) is 22.3 Å². The van der Waals surface area contributed by atoms with Crippen LogP contribution in [0, 0.1) is 12.7 Å². The number of rotatable bonds is 7. The van der Waals surface area contributed by atoms with Gasteiger partial charge in [0.05, 0.1) is 11.6 Å². The molecule has 2 atom stereocenters. The largest absolute Gasteiger partial charge is 0.505 e. The van der Waals surface area contributed by atoms with Crippen LogP contribution in [0.2, 0.25) is 0 Å². The van der Waals surface area contributed by atoms with Crippen LogP contribution in [0.1, 0.15) is 24.2 Å². The summed E-state index contributed by atoms with van der Waals surface area (Å²) in [6.07, 6.45) is -5.00. The second-order valence-electron chi connectivity index (χ2n) is 7.17. The highest BCUT2D eigenvalue weighted by Crippen LogP contribution is 2.45. The molecule has 0 bridgehead atoms. The molecule has 0 aliphatic heterocycles. The number of aryl methyl sites for hydroxylation is 1. The number of benzene rings is 2. The number of thioether (sulfide) groups is 1. The number of phenolic OH excluding ortho intramolecular Hbond substituents is 1. The van der Waals surface area contributed by atoms with E-state index in [2.05, 4.69) is 10.3 Å². The molecule has 0 aliphatic rings. The van der Waals surface area contributed by atoms with E-state index in [1.807, 2.05) is 0 Å². The fraction of sp³-hybridized carbons (Fsp3) is 0.318. The summed E-state index contributed by atoms with van der Waals surface area (Å²) in [4.78, 5) is 4.38. The molecule has 0 saturated carbocycles. The van der Waals surface area contributed by atoms with Crippen LogP contribution >= 0.6 is 11.8 Å². The highest BCUT2D eigenvalue weighted by molar-refractivity contribution is 7.99. The number of aliphatic hydroxyl groups is 1. The summed E-state index contributed by atoms with van der Waals surface area (Å²) in [5.41, 5.74) is -1.66. The summed E-state index contributed by atoms with van der Waals surface area (Å²) < 4.78 is 56.1. The topological polar surface area (TPSA) is 65.4 Å². The van der Waals surface area contributed by atoms with Crippen molar-refractivity contribution in [3.05, 3.63) is 65.6 Å². The number of fused-ring (bicyclic) bond motifs is 1. The average molecular weight is 454 g/mol. The Morgan fingerprint density at radius 1 is 1.13 bits per heavy atom. The standard InChI is InChI=1S/C22H22F4N2O2S/c1-3-31-12-21(30,22(24,25)26)20(14-8-10-16(23)19(29)11-14)28-18-6-4-5-17-15(18)9-7-13(2)27-17/h4-11,20,28-30H,3,12H2,1-2H3/t20-,21-/m1/s1. The Morgan fingerprint density at radius 2 is 1.87 bits per heavy atom. The maximum Gasteiger partial charge on any atom is 0.420 e. The van der Waals surface area contributed by atoms with Crippen molar-refractivity contribution < 1.29 is 27.8 Å². The quantitative estimate of drug-likeness (QED) is 0.407. The zero-order valence-corrected chi connectivity index (χ0v) is 17.7. The van der Waals surface area contributed by atoms with Crippen LogP contribution in [0.15, 0.2) is 48.5 Å². The highest BCUT2D eigenvalue weighted by atomic mass is 32.2. The maximum absolute atomic E-state index is 14.2. The van der Waals surface area contributed by atoms with Gasteiger partial charge in [-0.1, -0.05) is 19.1 Å². The SMILES string of the molecule is CCSC[C@@](O)([C@H](Nc1cccc2nc(C)ccc12)c1ccc(F)c(O)c1)C(F)(F)F. The zero-order valence-electron chi connectivity index (χ0n) is 16.9. The van der Waals surface area contributed by atoms with Gasteiger partial charge in [-0.2, -0.15) is 24.9 Å². The third kappa shape index (κ3) is 4.72. The minimum absolute atomic E-state index is 0.104. The fourth-order valence-electron chi connectivity index (χ4n) is 3.31. The van der Waals surface area contributed by atoms with Crippen LogP contribution in [-0.2, 0) is 0 Å². The first-order valence-corrected chi connectivity index (χ1v) is 10.7. The van der Waals surface area contributed by atoms with Gasteiger partial charge in [0.1, 0.15) is 0 Å². The lowest BCUT2D eigenvalue weighted by Gasteiger charge is -2.39. The Labute approximate surface area is 181 Å². The molecule has 0 unspecified atom stereocenters. The number of nitrogens with one attached hydrogen (secondary N) is 1. The van der Waals surface area contributed by atoms with Crippen LogP contribution in [0.4, 0.5) is 23.2 Å². The predicted octanol–water partition coefficient (Wildman–Crippen LogP) is 5.59. The number of pyridine rings is 1. The molecule has 31 heavy (non-hydrogen) atoms. The maximum atomic E-state index is 14.2.